The van der Waals surface area contributed by atoms with Crippen LogP contribution in [0.1, 0.15) is 32.4 Å². The van der Waals surface area contributed by atoms with Crippen molar-refractivity contribution in [1.82, 2.24) is 0 Å². The van der Waals surface area contributed by atoms with Crippen molar-refractivity contribution in [2.45, 2.75) is 32.4 Å². The number of nitrogens with two attached hydrogens (primary N) is 1. The molecule has 3 nitrogen and oxygen atoms in total. The Morgan fingerprint density at radius 3 is 2.39 bits per heavy atom. The summed E-state index contributed by atoms with van der Waals surface area (Å²) in [5.41, 5.74) is 8.23. The summed E-state index contributed by atoms with van der Waals surface area (Å²) in [5.74, 6) is 0. The van der Waals surface area contributed by atoms with Crippen LogP contribution in [0.3, 0.4) is 0 Å². The van der Waals surface area contributed by atoms with Gasteiger partial charge in [-0.05, 0) is 38.5 Å². The van der Waals surface area contributed by atoms with Crippen LogP contribution in [0.5, 0.6) is 0 Å². The molecular formula is C14H23ClN2O. The molecular weight excluding hydrogens is 248 g/mol. The van der Waals surface area contributed by atoms with Gasteiger partial charge in [0.15, 0.2) is 0 Å². The fourth-order valence-corrected chi connectivity index (χ4v) is 2.23. The molecule has 2 rings (SSSR count). The minimum atomic E-state index is -0.0575. The highest BCUT2D eigenvalue weighted by molar-refractivity contribution is 5.85. The first-order valence-corrected chi connectivity index (χ1v) is 6.22. The molecule has 0 amide bonds. The summed E-state index contributed by atoms with van der Waals surface area (Å²) in [6.07, 6.45) is 0. The van der Waals surface area contributed by atoms with Crippen molar-refractivity contribution in [1.29, 1.82) is 0 Å². The summed E-state index contributed by atoms with van der Waals surface area (Å²) < 4.78 is 5.72. The third-order valence-corrected chi connectivity index (χ3v) is 3.21. The molecule has 0 saturated carbocycles. The highest BCUT2D eigenvalue weighted by Crippen LogP contribution is 2.24. The molecule has 18 heavy (non-hydrogen) atoms. The van der Waals surface area contributed by atoms with Gasteiger partial charge in [0, 0.05) is 24.8 Å². The lowest BCUT2D eigenvalue weighted by Crippen LogP contribution is -2.48. The lowest BCUT2D eigenvalue weighted by molar-refractivity contribution is -0.0276. The number of hydrogen-bond donors (Lipinski definition) is 1. The van der Waals surface area contributed by atoms with Gasteiger partial charge in [-0.25, -0.2) is 0 Å². The van der Waals surface area contributed by atoms with Gasteiger partial charge in [0.2, 0.25) is 0 Å². The lowest BCUT2D eigenvalue weighted by atomic mass is 10.1. The molecule has 0 radical (unpaired) electrons. The van der Waals surface area contributed by atoms with Gasteiger partial charge in [-0.1, -0.05) is 12.1 Å². The fourth-order valence-electron chi connectivity index (χ4n) is 2.23. The van der Waals surface area contributed by atoms with E-state index in [1.54, 1.807) is 0 Å². The van der Waals surface area contributed by atoms with Crippen molar-refractivity contribution in [3.8, 4) is 0 Å². The van der Waals surface area contributed by atoms with E-state index in [2.05, 4.69) is 43.0 Å². The molecule has 1 aliphatic heterocycles. The predicted molar refractivity (Wildman–Crippen MR) is 78.5 cm³/mol. The van der Waals surface area contributed by atoms with Crippen molar-refractivity contribution in [3.05, 3.63) is 29.8 Å². The number of benzene rings is 1. The zero-order valence-electron chi connectivity index (χ0n) is 11.3. The topological polar surface area (TPSA) is 38.5 Å². The van der Waals surface area contributed by atoms with Crippen LogP contribution in [0.15, 0.2) is 24.3 Å². The van der Waals surface area contributed by atoms with E-state index in [9.17, 15) is 0 Å². The van der Waals surface area contributed by atoms with Crippen LogP contribution in [-0.2, 0) is 4.74 Å². The monoisotopic (exact) mass is 270 g/mol. The average Bonchev–Trinajstić information content (AvgIpc) is 2.28. The van der Waals surface area contributed by atoms with Gasteiger partial charge >= 0.3 is 0 Å². The third-order valence-electron chi connectivity index (χ3n) is 3.21. The first-order valence-electron chi connectivity index (χ1n) is 6.22. The molecule has 0 unspecified atom stereocenters. The molecule has 0 bridgehead atoms. The molecule has 4 heteroatoms. The standard InChI is InChI=1S/C14H22N2O.ClH/c1-11(15)12-4-6-13(7-5-12)16-8-9-17-14(2,3)10-16;/h4-7,11H,8-10,15H2,1-3H3;1H/t11-;/m1./s1. The van der Waals surface area contributed by atoms with Crippen LogP contribution in [0.4, 0.5) is 5.69 Å². The van der Waals surface area contributed by atoms with Gasteiger partial charge < -0.3 is 15.4 Å². The summed E-state index contributed by atoms with van der Waals surface area (Å²) in [5, 5.41) is 0. The normalized spacial score (nSPS) is 20.1. The Morgan fingerprint density at radius 2 is 1.89 bits per heavy atom. The van der Waals surface area contributed by atoms with Gasteiger partial charge in [-0.2, -0.15) is 0 Å². The van der Waals surface area contributed by atoms with E-state index >= 15 is 0 Å². The summed E-state index contributed by atoms with van der Waals surface area (Å²) in [4.78, 5) is 2.37. The van der Waals surface area contributed by atoms with Crippen LogP contribution < -0.4 is 10.6 Å². The maximum absolute atomic E-state index is 5.85. The lowest BCUT2D eigenvalue weighted by Gasteiger charge is -2.39. The number of rotatable bonds is 2. The fraction of sp³-hybridized carbons (Fsp3) is 0.571. The second-order valence-electron chi connectivity index (χ2n) is 5.41. The minimum absolute atomic E-state index is 0. The molecule has 1 fully saturated rings. The molecule has 1 aliphatic rings. The van der Waals surface area contributed by atoms with E-state index in [1.165, 1.54) is 11.3 Å². The summed E-state index contributed by atoms with van der Waals surface area (Å²) in [6, 6.07) is 8.63. The second kappa shape index (κ2) is 5.91. The van der Waals surface area contributed by atoms with E-state index in [0.717, 1.165) is 19.7 Å². The summed E-state index contributed by atoms with van der Waals surface area (Å²) in [6.45, 7) is 8.96. The van der Waals surface area contributed by atoms with Crippen molar-refractivity contribution in [2.75, 3.05) is 24.6 Å². The smallest absolute Gasteiger partial charge is 0.0801 e. The summed E-state index contributed by atoms with van der Waals surface area (Å²) in [7, 11) is 0. The number of ether oxygens (including phenoxy) is 1. The van der Waals surface area contributed by atoms with E-state index < -0.39 is 0 Å². The number of anilines is 1. The minimum Gasteiger partial charge on any atom is -0.372 e. The van der Waals surface area contributed by atoms with E-state index in [-0.39, 0.29) is 24.0 Å². The molecule has 2 N–H and O–H groups in total. The maximum Gasteiger partial charge on any atom is 0.0801 e. The number of morpholine rings is 1. The molecule has 0 aliphatic carbocycles. The third kappa shape index (κ3) is 3.61. The molecule has 1 aromatic carbocycles. The van der Waals surface area contributed by atoms with Gasteiger partial charge in [0.1, 0.15) is 0 Å². The van der Waals surface area contributed by atoms with E-state index in [4.69, 9.17) is 10.5 Å². The zero-order valence-corrected chi connectivity index (χ0v) is 12.2. The number of nitrogens with zero attached hydrogens (tertiary/aromatic N) is 1. The Balaban J connectivity index is 0.00000162. The summed E-state index contributed by atoms with van der Waals surface area (Å²) >= 11 is 0. The Bertz CT molecular complexity index is 376. The quantitative estimate of drug-likeness (QED) is 0.898. The number of hydrogen-bond acceptors (Lipinski definition) is 3. The molecule has 1 aromatic rings. The van der Waals surface area contributed by atoms with Gasteiger partial charge in [-0.15, -0.1) is 12.4 Å². The second-order valence-corrected chi connectivity index (χ2v) is 5.41. The molecule has 102 valence electrons. The van der Waals surface area contributed by atoms with Crippen molar-refractivity contribution in [2.24, 2.45) is 5.73 Å². The highest BCUT2D eigenvalue weighted by atomic mass is 35.5. The van der Waals surface area contributed by atoms with Gasteiger partial charge in [0.25, 0.3) is 0 Å². The Hall–Kier alpha value is -0.770. The number of halogens is 1. The first kappa shape index (κ1) is 15.3. The zero-order chi connectivity index (χ0) is 12.5. The van der Waals surface area contributed by atoms with Crippen LogP contribution in [0.25, 0.3) is 0 Å². The van der Waals surface area contributed by atoms with Crippen LogP contribution >= 0.6 is 12.4 Å². The predicted octanol–water partition coefficient (Wildman–Crippen LogP) is 2.74. The average molecular weight is 271 g/mol. The maximum atomic E-state index is 5.85. The largest absolute Gasteiger partial charge is 0.372 e. The molecule has 1 heterocycles. The molecule has 1 atom stereocenters. The SMILES string of the molecule is C[C@@H](N)c1ccc(N2CCOC(C)(C)C2)cc1.Cl. The van der Waals surface area contributed by atoms with E-state index in [0.29, 0.717) is 0 Å². The van der Waals surface area contributed by atoms with E-state index in [1.807, 2.05) is 6.92 Å². The Kier molecular flexibility index (Phi) is 5.02. The van der Waals surface area contributed by atoms with Crippen LogP contribution in [0.2, 0.25) is 0 Å². The molecule has 0 aromatic heterocycles. The van der Waals surface area contributed by atoms with Crippen LogP contribution in [-0.4, -0.2) is 25.3 Å². The highest BCUT2D eigenvalue weighted by Gasteiger charge is 2.27. The Morgan fingerprint density at radius 1 is 1.28 bits per heavy atom. The van der Waals surface area contributed by atoms with Gasteiger partial charge in [-0.3, -0.25) is 0 Å². The van der Waals surface area contributed by atoms with Crippen molar-refractivity contribution in [3.63, 3.8) is 0 Å². The first-order chi connectivity index (χ1) is 7.98. The van der Waals surface area contributed by atoms with Crippen LogP contribution in [0, 0.1) is 0 Å². The van der Waals surface area contributed by atoms with Crippen molar-refractivity contribution < 1.29 is 4.74 Å². The Labute approximate surface area is 116 Å². The van der Waals surface area contributed by atoms with Crippen molar-refractivity contribution >= 4 is 18.1 Å². The molecule has 1 saturated heterocycles. The van der Waals surface area contributed by atoms with Gasteiger partial charge in [0.05, 0.1) is 12.2 Å². The molecule has 0 spiro atoms.